The quantitative estimate of drug-likeness (QED) is 0.764. The van der Waals surface area contributed by atoms with Gasteiger partial charge in [-0.05, 0) is 30.3 Å². The van der Waals surface area contributed by atoms with Gasteiger partial charge >= 0.3 is 0 Å². The van der Waals surface area contributed by atoms with Crippen LogP contribution >= 0.6 is 0 Å². The Morgan fingerprint density at radius 3 is 2.77 bits per heavy atom. The monoisotopic (exact) mass is 353 g/mol. The van der Waals surface area contributed by atoms with Crippen molar-refractivity contribution in [1.82, 2.24) is 19.9 Å². The lowest BCUT2D eigenvalue weighted by Crippen LogP contribution is -2.54. The normalized spacial score (nSPS) is 14.8. The predicted octanol–water partition coefficient (Wildman–Crippen LogP) is 3.11. The number of hydrogen-bond acceptors (Lipinski definition) is 5. The van der Waals surface area contributed by atoms with E-state index in [4.69, 9.17) is 0 Å². The van der Waals surface area contributed by atoms with E-state index in [2.05, 4.69) is 25.2 Å². The average molecular weight is 353 g/mol. The summed E-state index contributed by atoms with van der Waals surface area (Å²) in [6, 6.07) is 11.2. The minimum absolute atomic E-state index is 0.306. The van der Waals surface area contributed by atoms with Gasteiger partial charge in [0.05, 0.1) is 17.4 Å². The van der Waals surface area contributed by atoms with Gasteiger partial charge < -0.3 is 5.32 Å². The average Bonchev–Trinajstić information content (AvgIpc) is 2.61. The van der Waals surface area contributed by atoms with Crippen LogP contribution in [0.2, 0.25) is 0 Å². The van der Waals surface area contributed by atoms with Crippen molar-refractivity contribution >= 4 is 5.82 Å². The lowest BCUT2D eigenvalue weighted by Gasteiger charge is -2.39. The highest BCUT2D eigenvalue weighted by Crippen LogP contribution is 2.23. The van der Waals surface area contributed by atoms with E-state index >= 15 is 0 Å². The number of aromatic nitrogens is 3. The molecule has 1 N–H and O–H groups in total. The van der Waals surface area contributed by atoms with Crippen LogP contribution in [0.25, 0.3) is 11.3 Å². The third-order valence-electron chi connectivity index (χ3n) is 4.29. The summed E-state index contributed by atoms with van der Waals surface area (Å²) in [5.41, 5.74) is 1.67. The van der Waals surface area contributed by atoms with Crippen LogP contribution in [0.4, 0.5) is 14.6 Å². The van der Waals surface area contributed by atoms with E-state index in [0.29, 0.717) is 23.8 Å². The summed E-state index contributed by atoms with van der Waals surface area (Å²) in [7, 11) is 0. The molecule has 3 heterocycles. The van der Waals surface area contributed by atoms with Crippen LogP contribution < -0.4 is 5.32 Å². The second kappa shape index (κ2) is 7.13. The Kier molecular flexibility index (Phi) is 4.53. The Hall–Kier alpha value is -2.93. The molecule has 0 radical (unpaired) electrons. The molecule has 26 heavy (non-hydrogen) atoms. The summed E-state index contributed by atoms with van der Waals surface area (Å²) in [6.07, 6.45) is 3.22. The number of hydrogen-bond donors (Lipinski definition) is 1. The lowest BCUT2D eigenvalue weighted by molar-refractivity contribution is 0.151. The van der Waals surface area contributed by atoms with Crippen molar-refractivity contribution in [1.29, 1.82) is 0 Å². The largest absolute Gasteiger partial charge is 0.365 e. The smallest absolute Gasteiger partial charge is 0.135 e. The SMILES string of the molecule is Fc1ccc(-c2cccc(CN3CC(Nc4ccncn4)C3)n2)c(F)c1. The molecule has 1 saturated heterocycles. The highest BCUT2D eigenvalue weighted by atomic mass is 19.1. The van der Waals surface area contributed by atoms with E-state index in [1.54, 1.807) is 12.3 Å². The molecule has 3 aromatic rings. The van der Waals surface area contributed by atoms with Crippen molar-refractivity contribution in [3.05, 3.63) is 72.3 Å². The molecule has 1 aliphatic rings. The molecule has 0 spiro atoms. The van der Waals surface area contributed by atoms with Crippen molar-refractivity contribution in [3.8, 4) is 11.3 Å². The second-order valence-electron chi connectivity index (χ2n) is 6.27. The van der Waals surface area contributed by atoms with Gasteiger partial charge in [-0.15, -0.1) is 0 Å². The predicted molar refractivity (Wildman–Crippen MR) is 94.3 cm³/mol. The van der Waals surface area contributed by atoms with Crippen molar-refractivity contribution in [2.24, 2.45) is 0 Å². The molecule has 0 bridgehead atoms. The first-order valence-electron chi connectivity index (χ1n) is 8.33. The van der Waals surface area contributed by atoms with Gasteiger partial charge in [0.15, 0.2) is 0 Å². The number of rotatable bonds is 5. The molecule has 1 fully saturated rings. The molecular formula is C19H17F2N5. The molecule has 132 valence electrons. The highest BCUT2D eigenvalue weighted by Gasteiger charge is 2.27. The molecule has 5 nitrogen and oxygen atoms in total. The Labute approximate surface area is 149 Å². The number of nitrogens with zero attached hydrogens (tertiary/aromatic N) is 4. The third kappa shape index (κ3) is 3.67. The standard InChI is InChI=1S/C19H17F2N5/c20-13-4-5-16(17(21)8-13)18-3-1-2-14(24-18)9-26-10-15(11-26)25-19-6-7-22-12-23-19/h1-8,12,15H,9-11H2,(H,22,23,25). The van der Waals surface area contributed by atoms with Crippen LogP contribution in [0.15, 0.2) is 55.0 Å². The number of likely N-dealkylation sites (tertiary alicyclic amines) is 1. The van der Waals surface area contributed by atoms with Crippen molar-refractivity contribution in [2.75, 3.05) is 18.4 Å². The molecule has 0 aliphatic carbocycles. The van der Waals surface area contributed by atoms with Crippen LogP contribution in [0, 0.1) is 11.6 Å². The summed E-state index contributed by atoms with van der Waals surface area (Å²) in [5.74, 6) is -0.380. The number of pyridine rings is 1. The molecule has 2 aromatic heterocycles. The maximum atomic E-state index is 14.0. The molecule has 0 atom stereocenters. The van der Waals surface area contributed by atoms with E-state index in [1.165, 1.54) is 18.5 Å². The van der Waals surface area contributed by atoms with Gasteiger partial charge in [0.1, 0.15) is 23.8 Å². The van der Waals surface area contributed by atoms with Crippen LogP contribution in [0.1, 0.15) is 5.69 Å². The van der Waals surface area contributed by atoms with Gasteiger partial charge in [-0.2, -0.15) is 0 Å². The van der Waals surface area contributed by atoms with Gasteiger partial charge in [0.25, 0.3) is 0 Å². The van der Waals surface area contributed by atoms with E-state index < -0.39 is 11.6 Å². The van der Waals surface area contributed by atoms with Gasteiger partial charge in [-0.25, -0.2) is 18.7 Å². The van der Waals surface area contributed by atoms with Gasteiger partial charge in [0, 0.05) is 37.5 Å². The first-order valence-corrected chi connectivity index (χ1v) is 8.33. The van der Waals surface area contributed by atoms with Crippen LogP contribution in [-0.2, 0) is 6.54 Å². The minimum Gasteiger partial charge on any atom is -0.365 e. The summed E-state index contributed by atoms with van der Waals surface area (Å²) in [5, 5.41) is 3.35. The number of nitrogens with one attached hydrogen (secondary N) is 1. The topological polar surface area (TPSA) is 53.9 Å². The lowest BCUT2D eigenvalue weighted by atomic mass is 10.1. The Balaban J connectivity index is 1.38. The van der Waals surface area contributed by atoms with E-state index in [0.717, 1.165) is 30.7 Å². The Morgan fingerprint density at radius 1 is 1.12 bits per heavy atom. The summed E-state index contributed by atoms with van der Waals surface area (Å²) in [6.45, 7) is 2.43. The molecule has 0 saturated carbocycles. The molecule has 0 amide bonds. The number of benzene rings is 1. The summed E-state index contributed by atoms with van der Waals surface area (Å²) in [4.78, 5) is 14.8. The fourth-order valence-electron chi connectivity index (χ4n) is 3.02. The van der Waals surface area contributed by atoms with Gasteiger partial charge in [-0.1, -0.05) is 6.07 Å². The number of anilines is 1. The zero-order valence-electron chi connectivity index (χ0n) is 13.9. The van der Waals surface area contributed by atoms with Gasteiger partial charge in [0.2, 0.25) is 0 Å². The third-order valence-corrected chi connectivity index (χ3v) is 4.29. The van der Waals surface area contributed by atoms with E-state index in [-0.39, 0.29) is 0 Å². The van der Waals surface area contributed by atoms with Crippen LogP contribution in [0.5, 0.6) is 0 Å². The fourth-order valence-corrected chi connectivity index (χ4v) is 3.02. The van der Waals surface area contributed by atoms with Crippen LogP contribution in [0.3, 0.4) is 0 Å². The zero-order chi connectivity index (χ0) is 17.9. The van der Waals surface area contributed by atoms with Crippen molar-refractivity contribution in [3.63, 3.8) is 0 Å². The molecule has 0 unspecified atom stereocenters. The van der Waals surface area contributed by atoms with Crippen molar-refractivity contribution in [2.45, 2.75) is 12.6 Å². The number of halogens is 2. The molecule has 1 aliphatic heterocycles. The maximum absolute atomic E-state index is 14.0. The first kappa shape index (κ1) is 16.5. The fraction of sp³-hybridized carbons (Fsp3) is 0.211. The highest BCUT2D eigenvalue weighted by molar-refractivity contribution is 5.59. The van der Waals surface area contributed by atoms with E-state index in [1.807, 2.05) is 18.2 Å². The van der Waals surface area contributed by atoms with Crippen molar-refractivity contribution < 1.29 is 8.78 Å². The molecule has 4 rings (SSSR count). The molecule has 7 heteroatoms. The van der Waals surface area contributed by atoms with E-state index in [9.17, 15) is 8.78 Å². The van der Waals surface area contributed by atoms with Crippen LogP contribution in [-0.4, -0.2) is 39.0 Å². The minimum atomic E-state index is -0.604. The summed E-state index contributed by atoms with van der Waals surface area (Å²) < 4.78 is 27.0. The summed E-state index contributed by atoms with van der Waals surface area (Å²) >= 11 is 0. The van der Waals surface area contributed by atoms with Gasteiger partial charge in [-0.3, -0.25) is 9.88 Å². The Bertz CT molecular complexity index is 897. The molecule has 1 aromatic carbocycles. The Morgan fingerprint density at radius 2 is 2.00 bits per heavy atom. The first-order chi connectivity index (χ1) is 12.7. The molecular weight excluding hydrogens is 336 g/mol. The second-order valence-corrected chi connectivity index (χ2v) is 6.27. The maximum Gasteiger partial charge on any atom is 0.135 e. The zero-order valence-corrected chi connectivity index (χ0v) is 13.9.